The molecule has 1 aliphatic rings. The third-order valence-corrected chi connectivity index (χ3v) is 4.72. The summed E-state index contributed by atoms with van der Waals surface area (Å²) in [5, 5.41) is 0. The van der Waals surface area contributed by atoms with Crippen molar-refractivity contribution in [3.8, 4) is 11.1 Å². The minimum Gasteiger partial charge on any atom is -0.0608 e. The Labute approximate surface area is 119 Å². The molecular formula is C13H7Br3. The summed E-state index contributed by atoms with van der Waals surface area (Å²) >= 11 is 10.8. The first-order valence-corrected chi connectivity index (χ1v) is 7.30. The normalized spacial score (nSPS) is 12.4. The van der Waals surface area contributed by atoms with Crippen LogP contribution in [-0.4, -0.2) is 0 Å². The van der Waals surface area contributed by atoms with Crippen molar-refractivity contribution in [1.29, 1.82) is 0 Å². The summed E-state index contributed by atoms with van der Waals surface area (Å²) in [6.45, 7) is 0. The molecule has 0 fully saturated rings. The van der Waals surface area contributed by atoms with E-state index in [0.29, 0.717) is 0 Å². The van der Waals surface area contributed by atoms with Crippen molar-refractivity contribution in [2.45, 2.75) is 6.42 Å². The van der Waals surface area contributed by atoms with Gasteiger partial charge >= 0.3 is 0 Å². The summed E-state index contributed by atoms with van der Waals surface area (Å²) in [6, 6.07) is 10.7. The van der Waals surface area contributed by atoms with Crippen LogP contribution in [0.2, 0.25) is 0 Å². The lowest BCUT2D eigenvalue weighted by molar-refractivity contribution is 1.24. The molecule has 0 aromatic heterocycles. The highest BCUT2D eigenvalue weighted by Crippen LogP contribution is 2.45. The number of benzene rings is 2. The summed E-state index contributed by atoms with van der Waals surface area (Å²) in [7, 11) is 0. The SMILES string of the molecule is Brc1cc(Br)c2c(c1)-c1c(Br)cccc1C2. The van der Waals surface area contributed by atoms with Crippen molar-refractivity contribution >= 4 is 47.8 Å². The van der Waals surface area contributed by atoms with Crippen LogP contribution in [0.1, 0.15) is 11.1 Å². The molecule has 0 saturated carbocycles. The van der Waals surface area contributed by atoms with Crippen LogP contribution in [0.25, 0.3) is 11.1 Å². The summed E-state index contributed by atoms with van der Waals surface area (Å²) in [5.74, 6) is 0. The Hall–Kier alpha value is -0.120. The molecule has 0 nitrogen and oxygen atoms in total. The molecule has 0 heterocycles. The Morgan fingerprint density at radius 3 is 2.56 bits per heavy atom. The molecule has 2 aromatic rings. The lowest BCUT2D eigenvalue weighted by Gasteiger charge is -2.05. The fourth-order valence-corrected chi connectivity index (χ4v) is 4.20. The van der Waals surface area contributed by atoms with Crippen molar-refractivity contribution in [3.05, 3.63) is 54.9 Å². The van der Waals surface area contributed by atoms with E-state index in [2.05, 4.69) is 78.1 Å². The average molecular weight is 403 g/mol. The van der Waals surface area contributed by atoms with E-state index in [1.54, 1.807) is 0 Å². The van der Waals surface area contributed by atoms with E-state index >= 15 is 0 Å². The van der Waals surface area contributed by atoms with Crippen molar-refractivity contribution in [3.63, 3.8) is 0 Å². The number of hydrogen-bond donors (Lipinski definition) is 0. The molecule has 3 heteroatoms. The third-order valence-electron chi connectivity index (χ3n) is 2.90. The molecule has 1 aliphatic carbocycles. The first-order valence-electron chi connectivity index (χ1n) is 4.92. The average Bonchev–Trinajstić information content (AvgIpc) is 2.58. The Balaban J connectivity index is 2.36. The third kappa shape index (κ3) is 1.60. The lowest BCUT2D eigenvalue weighted by atomic mass is 10.1. The predicted molar refractivity (Wildman–Crippen MR) is 77.8 cm³/mol. The van der Waals surface area contributed by atoms with Crippen LogP contribution in [0.4, 0.5) is 0 Å². The summed E-state index contributed by atoms with van der Waals surface area (Å²) in [4.78, 5) is 0. The molecule has 0 N–H and O–H groups in total. The van der Waals surface area contributed by atoms with Crippen LogP contribution in [0, 0.1) is 0 Å². The van der Waals surface area contributed by atoms with Gasteiger partial charge in [-0.15, -0.1) is 0 Å². The number of fused-ring (bicyclic) bond motifs is 3. The molecule has 80 valence electrons. The van der Waals surface area contributed by atoms with Crippen molar-refractivity contribution in [2.24, 2.45) is 0 Å². The highest BCUT2D eigenvalue weighted by molar-refractivity contribution is 9.11. The number of halogens is 3. The Morgan fingerprint density at radius 2 is 1.75 bits per heavy atom. The molecule has 0 aliphatic heterocycles. The summed E-state index contributed by atoms with van der Waals surface area (Å²) < 4.78 is 3.47. The monoisotopic (exact) mass is 400 g/mol. The summed E-state index contributed by atoms with van der Waals surface area (Å²) in [5.41, 5.74) is 5.43. The first-order chi connectivity index (χ1) is 7.66. The van der Waals surface area contributed by atoms with Gasteiger partial charge in [-0.2, -0.15) is 0 Å². The van der Waals surface area contributed by atoms with Crippen molar-refractivity contribution in [1.82, 2.24) is 0 Å². The van der Waals surface area contributed by atoms with E-state index in [1.807, 2.05) is 0 Å². The zero-order valence-electron chi connectivity index (χ0n) is 8.23. The Bertz CT molecular complexity index is 588. The van der Waals surface area contributed by atoms with Crippen LogP contribution >= 0.6 is 47.8 Å². The quantitative estimate of drug-likeness (QED) is 0.462. The van der Waals surface area contributed by atoms with Gasteiger partial charge in [-0.3, -0.25) is 0 Å². The molecule has 0 amide bonds. The van der Waals surface area contributed by atoms with Crippen LogP contribution in [0.5, 0.6) is 0 Å². The van der Waals surface area contributed by atoms with E-state index in [1.165, 1.54) is 31.2 Å². The molecular weight excluding hydrogens is 396 g/mol. The molecule has 0 saturated heterocycles. The van der Waals surface area contributed by atoms with Crippen LogP contribution in [0.3, 0.4) is 0 Å². The van der Waals surface area contributed by atoms with Crippen LogP contribution in [0.15, 0.2) is 43.7 Å². The predicted octanol–water partition coefficient (Wildman–Crippen LogP) is 5.55. The van der Waals surface area contributed by atoms with Gasteiger partial charge in [0.1, 0.15) is 0 Å². The highest BCUT2D eigenvalue weighted by atomic mass is 79.9. The molecule has 16 heavy (non-hydrogen) atoms. The van der Waals surface area contributed by atoms with Crippen LogP contribution in [-0.2, 0) is 6.42 Å². The lowest BCUT2D eigenvalue weighted by Crippen LogP contribution is -1.82. The van der Waals surface area contributed by atoms with Gasteiger partial charge < -0.3 is 0 Å². The van der Waals surface area contributed by atoms with E-state index in [0.717, 1.165) is 10.9 Å². The zero-order chi connectivity index (χ0) is 11.3. The molecule has 0 bridgehead atoms. The fraction of sp³-hybridized carbons (Fsp3) is 0.0769. The van der Waals surface area contributed by atoms with Gasteiger partial charge in [0, 0.05) is 13.4 Å². The first kappa shape index (κ1) is 11.0. The molecule has 0 unspecified atom stereocenters. The Kier molecular flexibility index (Phi) is 2.73. The minimum absolute atomic E-state index is 1.01. The molecule has 0 radical (unpaired) electrons. The van der Waals surface area contributed by atoms with Gasteiger partial charge in [-0.05, 0) is 46.9 Å². The van der Waals surface area contributed by atoms with Gasteiger partial charge in [0.15, 0.2) is 0 Å². The van der Waals surface area contributed by atoms with Gasteiger partial charge in [-0.1, -0.05) is 59.9 Å². The topological polar surface area (TPSA) is 0 Å². The minimum atomic E-state index is 1.01. The molecule has 3 rings (SSSR count). The second kappa shape index (κ2) is 3.97. The second-order valence-corrected chi connectivity index (χ2v) is 6.49. The van der Waals surface area contributed by atoms with E-state index < -0.39 is 0 Å². The van der Waals surface area contributed by atoms with Crippen LogP contribution < -0.4 is 0 Å². The van der Waals surface area contributed by atoms with Crippen molar-refractivity contribution in [2.75, 3.05) is 0 Å². The zero-order valence-corrected chi connectivity index (χ0v) is 13.0. The molecule has 0 atom stereocenters. The largest absolute Gasteiger partial charge is 0.0608 e. The van der Waals surface area contributed by atoms with E-state index in [4.69, 9.17) is 0 Å². The van der Waals surface area contributed by atoms with Gasteiger partial charge in [0.2, 0.25) is 0 Å². The summed E-state index contributed by atoms with van der Waals surface area (Å²) in [6.07, 6.45) is 1.01. The maximum absolute atomic E-state index is 3.64. The van der Waals surface area contributed by atoms with Crippen molar-refractivity contribution < 1.29 is 0 Å². The highest BCUT2D eigenvalue weighted by Gasteiger charge is 2.22. The smallest absolute Gasteiger partial charge is 0.0256 e. The Morgan fingerprint density at radius 1 is 0.938 bits per heavy atom. The second-order valence-electron chi connectivity index (χ2n) is 3.86. The number of hydrogen-bond acceptors (Lipinski definition) is 0. The standard InChI is InChI=1S/C13H7Br3/c14-8-5-10-9(12(16)6-8)4-7-2-1-3-11(15)13(7)10/h1-3,5-6H,4H2. The van der Waals surface area contributed by atoms with Gasteiger partial charge in [0.05, 0.1) is 0 Å². The molecule has 2 aromatic carbocycles. The van der Waals surface area contributed by atoms with Gasteiger partial charge in [-0.25, -0.2) is 0 Å². The number of rotatable bonds is 0. The van der Waals surface area contributed by atoms with Gasteiger partial charge in [0.25, 0.3) is 0 Å². The maximum Gasteiger partial charge on any atom is 0.0256 e. The maximum atomic E-state index is 3.64. The van der Waals surface area contributed by atoms with E-state index in [-0.39, 0.29) is 0 Å². The molecule has 0 spiro atoms. The fourth-order valence-electron chi connectivity index (χ4n) is 2.21. The van der Waals surface area contributed by atoms with E-state index in [9.17, 15) is 0 Å².